The molecule has 2 aromatic heterocycles. The van der Waals surface area contributed by atoms with Gasteiger partial charge in [-0.05, 0) is 42.3 Å². The molecule has 0 aliphatic rings. The van der Waals surface area contributed by atoms with Crippen molar-refractivity contribution in [2.24, 2.45) is 0 Å². The predicted molar refractivity (Wildman–Crippen MR) is 91.5 cm³/mol. The molecular formula is C18H15F3N2OS. The summed E-state index contributed by atoms with van der Waals surface area (Å²) in [4.78, 5) is 8.79. The van der Waals surface area contributed by atoms with Crippen LogP contribution in [0.5, 0.6) is 5.75 Å². The standard InChI is InChI=1S/C18H15F3N2OS/c1-2-3-12-8-9-22-10-15(12)17-23-16(11-25-17)13-4-6-14(7-5-13)24-18(19,20)21/h4-11H,2-3H2,1H3. The first-order valence-corrected chi connectivity index (χ1v) is 8.59. The lowest BCUT2D eigenvalue weighted by atomic mass is 10.1. The zero-order valence-electron chi connectivity index (χ0n) is 13.4. The molecule has 3 rings (SSSR count). The fourth-order valence-corrected chi connectivity index (χ4v) is 3.33. The Balaban J connectivity index is 1.84. The fraction of sp³-hybridized carbons (Fsp3) is 0.222. The normalized spacial score (nSPS) is 11.5. The van der Waals surface area contributed by atoms with Crippen molar-refractivity contribution in [3.63, 3.8) is 0 Å². The molecule has 130 valence electrons. The second-order valence-electron chi connectivity index (χ2n) is 5.39. The molecule has 0 N–H and O–H groups in total. The monoisotopic (exact) mass is 364 g/mol. The maximum absolute atomic E-state index is 12.2. The third-order valence-electron chi connectivity index (χ3n) is 3.55. The van der Waals surface area contributed by atoms with E-state index in [0.29, 0.717) is 5.69 Å². The summed E-state index contributed by atoms with van der Waals surface area (Å²) in [5.74, 6) is -0.246. The summed E-state index contributed by atoms with van der Waals surface area (Å²) in [5.41, 5.74) is 3.63. The van der Waals surface area contributed by atoms with Crippen molar-refractivity contribution < 1.29 is 17.9 Å². The number of aryl methyl sites for hydroxylation is 1. The van der Waals surface area contributed by atoms with Crippen LogP contribution in [-0.2, 0) is 6.42 Å². The van der Waals surface area contributed by atoms with E-state index in [0.717, 1.165) is 29.0 Å². The van der Waals surface area contributed by atoms with Gasteiger partial charge in [-0.25, -0.2) is 4.98 Å². The number of thiazole rings is 1. The number of ether oxygens (including phenoxy) is 1. The Bertz CT molecular complexity index is 844. The summed E-state index contributed by atoms with van der Waals surface area (Å²) in [7, 11) is 0. The minimum absolute atomic E-state index is 0.246. The van der Waals surface area contributed by atoms with E-state index in [4.69, 9.17) is 0 Å². The molecule has 0 amide bonds. The van der Waals surface area contributed by atoms with Gasteiger partial charge in [0.05, 0.1) is 5.69 Å². The Morgan fingerprint density at radius 2 is 1.88 bits per heavy atom. The van der Waals surface area contributed by atoms with Gasteiger partial charge in [0, 0.05) is 28.9 Å². The Hall–Kier alpha value is -2.41. The molecule has 0 bridgehead atoms. The van der Waals surface area contributed by atoms with E-state index < -0.39 is 6.36 Å². The summed E-state index contributed by atoms with van der Waals surface area (Å²) < 4.78 is 40.5. The maximum Gasteiger partial charge on any atom is 0.573 e. The van der Waals surface area contributed by atoms with Crippen molar-refractivity contribution in [2.45, 2.75) is 26.1 Å². The molecule has 0 saturated carbocycles. The first kappa shape index (κ1) is 17.4. The number of rotatable bonds is 5. The van der Waals surface area contributed by atoms with E-state index in [1.54, 1.807) is 24.5 Å². The van der Waals surface area contributed by atoms with E-state index in [2.05, 4.69) is 21.6 Å². The molecule has 0 saturated heterocycles. The molecule has 3 aromatic rings. The minimum Gasteiger partial charge on any atom is -0.406 e. The zero-order valence-corrected chi connectivity index (χ0v) is 14.2. The van der Waals surface area contributed by atoms with Crippen LogP contribution in [-0.4, -0.2) is 16.3 Å². The highest BCUT2D eigenvalue weighted by molar-refractivity contribution is 7.13. The Labute approximate surface area is 147 Å². The van der Waals surface area contributed by atoms with Crippen LogP contribution in [0.25, 0.3) is 21.8 Å². The van der Waals surface area contributed by atoms with Gasteiger partial charge in [-0.3, -0.25) is 4.98 Å². The molecule has 7 heteroatoms. The highest BCUT2D eigenvalue weighted by Crippen LogP contribution is 2.32. The molecule has 0 unspecified atom stereocenters. The molecule has 2 heterocycles. The Kier molecular flexibility index (Phi) is 5.03. The molecule has 0 atom stereocenters. The van der Waals surface area contributed by atoms with E-state index in [-0.39, 0.29) is 5.75 Å². The first-order chi connectivity index (χ1) is 12.0. The number of halogens is 3. The van der Waals surface area contributed by atoms with Gasteiger partial charge in [-0.15, -0.1) is 24.5 Å². The first-order valence-electron chi connectivity index (χ1n) is 7.71. The van der Waals surface area contributed by atoms with Crippen molar-refractivity contribution >= 4 is 11.3 Å². The number of hydrogen-bond acceptors (Lipinski definition) is 4. The number of aromatic nitrogens is 2. The van der Waals surface area contributed by atoms with E-state index in [1.807, 2.05) is 11.4 Å². The Morgan fingerprint density at radius 3 is 2.56 bits per heavy atom. The smallest absolute Gasteiger partial charge is 0.406 e. The quantitative estimate of drug-likeness (QED) is 0.580. The molecule has 1 aromatic carbocycles. The van der Waals surface area contributed by atoms with Crippen LogP contribution in [0.3, 0.4) is 0 Å². The maximum atomic E-state index is 12.2. The number of benzene rings is 1. The molecule has 3 nitrogen and oxygen atoms in total. The number of nitrogens with zero attached hydrogens (tertiary/aromatic N) is 2. The lowest BCUT2D eigenvalue weighted by Crippen LogP contribution is -2.16. The molecule has 0 spiro atoms. The molecule has 0 radical (unpaired) electrons. The fourth-order valence-electron chi connectivity index (χ4n) is 2.46. The topological polar surface area (TPSA) is 35.0 Å². The van der Waals surface area contributed by atoms with Gasteiger partial charge in [0.15, 0.2) is 0 Å². The van der Waals surface area contributed by atoms with Gasteiger partial charge in [0.25, 0.3) is 0 Å². The van der Waals surface area contributed by atoms with Crippen LogP contribution in [0.4, 0.5) is 13.2 Å². The van der Waals surface area contributed by atoms with Crippen LogP contribution in [0.2, 0.25) is 0 Å². The third-order valence-corrected chi connectivity index (χ3v) is 4.42. The van der Waals surface area contributed by atoms with Gasteiger partial charge in [-0.1, -0.05) is 13.3 Å². The van der Waals surface area contributed by atoms with Crippen LogP contribution in [0.15, 0.2) is 48.1 Å². The molecule has 0 aliphatic heterocycles. The summed E-state index contributed by atoms with van der Waals surface area (Å²) in [5, 5.41) is 2.74. The predicted octanol–water partition coefficient (Wildman–Crippen LogP) is 5.72. The van der Waals surface area contributed by atoms with Crippen LogP contribution in [0, 0.1) is 0 Å². The van der Waals surface area contributed by atoms with Crippen molar-refractivity contribution in [3.8, 4) is 27.6 Å². The second-order valence-corrected chi connectivity index (χ2v) is 6.25. The van der Waals surface area contributed by atoms with Crippen molar-refractivity contribution in [1.82, 2.24) is 9.97 Å². The summed E-state index contributed by atoms with van der Waals surface area (Å²) in [6.45, 7) is 2.11. The highest BCUT2D eigenvalue weighted by Gasteiger charge is 2.31. The average molecular weight is 364 g/mol. The Morgan fingerprint density at radius 1 is 1.12 bits per heavy atom. The van der Waals surface area contributed by atoms with Crippen molar-refractivity contribution in [1.29, 1.82) is 0 Å². The highest BCUT2D eigenvalue weighted by atomic mass is 32.1. The SMILES string of the molecule is CCCc1ccncc1-c1nc(-c2ccc(OC(F)(F)F)cc2)cs1. The van der Waals surface area contributed by atoms with Gasteiger partial charge < -0.3 is 4.74 Å². The molecule has 0 aliphatic carbocycles. The lowest BCUT2D eigenvalue weighted by Gasteiger charge is -2.08. The van der Waals surface area contributed by atoms with Crippen molar-refractivity contribution in [2.75, 3.05) is 0 Å². The van der Waals surface area contributed by atoms with Gasteiger partial charge in [0.2, 0.25) is 0 Å². The second kappa shape index (κ2) is 7.23. The van der Waals surface area contributed by atoms with E-state index in [9.17, 15) is 13.2 Å². The van der Waals surface area contributed by atoms with Crippen LogP contribution < -0.4 is 4.74 Å². The number of alkyl halides is 3. The van der Waals surface area contributed by atoms with Crippen molar-refractivity contribution in [3.05, 3.63) is 53.7 Å². The van der Waals surface area contributed by atoms with Gasteiger partial charge in [-0.2, -0.15) is 0 Å². The third kappa shape index (κ3) is 4.36. The molecule has 0 fully saturated rings. The zero-order chi connectivity index (χ0) is 17.9. The van der Waals surface area contributed by atoms with E-state index in [1.165, 1.54) is 29.0 Å². The lowest BCUT2D eigenvalue weighted by molar-refractivity contribution is -0.274. The number of hydrogen-bond donors (Lipinski definition) is 0. The minimum atomic E-state index is -4.69. The van der Waals surface area contributed by atoms with E-state index >= 15 is 0 Å². The number of pyridine rings is 1. The average Bonchev–Trinajstić information content (AvgIpc) is 3.05. The largest absolute Gasteiger partial charge is 0.573 e. The van der Waals surface area contributed by atoms with Crippen LogP contribution >= 0.6 is 11.3 Å². The van der Waals surface area contributed by atoms with Crippen LogP contribution in [0.1, 0.15) is 18.9 Å². The molecular weight excluding hydrogens is 349 g/mol. The van der Waals surface area contributed by atoms with Gasteiger partial charge >= 0.3 is 6.36 Å². The van der Waals surface area contributed by atoms with Gasteiger partial charge in [0.1, 0.15) is 10.8 Å². The summed E-state index contributed by atoms with van der Waals surface area (Å²) >= 11 is 1.49. The molecule has 25 heavy (non-hydrogen) atoms. The summed E-state index contributed by atoms with van der Waals surface area (Å²) in [6.07, 6.45) is 0.841. The summed E-state index contributed by atoms with van der Waals surface area (Å²) in [6, 6.07) is 7.69.